The number of benzene rings is 1. The summed E-state index contributed by atoms with van der Waals surface area (Å²) in [7, 11) is 3.35. The van der Waals surface area contributed by atoms with E-state index in [0.29, 0.717) is 31.2 Å². The molecule has 2 rings (SSSR count). The average Bonchev–Trinajstić information content (AvgIpc) is 3.06. The van der Waals surface area contributed by atoms with Crippen molar-refractivity contribution in [2.24, 2.45) is 0 Å². The number of carbonyl (C=O) groups is 1. The Morgan fingerprint density at radius 3 is 2.86 bits per heavy atom. The maximum atomic E-state index is 11.9. The van der Waals surface area contributed by atoms with Crippen LogP contribution in [0.3, 0.4) is 0 Å². The van der Waals surface area contributed by atoms with Gasteiger partial charge in [0.15, 0.2) is 11.5 Å². The molecule has 0 unspecified atom stereocenters. The molecule has 0 spiro atoms. The Morgan fingerprint density at radius 2 is 2.18 bits per heavy atom. The summed E-state index contributed by atoms with van der Waals surface area (Å²) in [5.41, 5.74) is 0. The molecular formula is C16H24N2O4. The van der Waals surface area contributed by atoms with Crippen LogP contribution < -0.4 is 14.8 Å². The van der Waals surface area contributed by atoms with Gasteiger partial charge in [-0.3, -0.25) is 0 Å². The SMILES string of the molecule is COc1ccccc1OCCN(C)C(=O)NC[C@H]1CCCO1. The van der Waals surface area contributed by atoms with Crippen molar-refractivity contribution in [1.29, 1.82) is 0 Å². The second-order valence-corrected chi connectivity index (χ2v) is 5.24. The van der Waals surface area contributed by atoms with E-state index in [2.05, 4.69) is 5.32 Å². The molecule has 1 aliphatic heterocycles. The van der Waals surface area contributed by atoms with E-state index in [9.17, 15) is 4.79 Å². The van der Waals surface area contributed by atoms with Gasteiger partial charge in [0.2, 0.25) is 0 Å². The van der Waals surface area contributed by atoms with Crippen LogP contribution in [0, 0.1) is 0 Å². The molecule has 0 aromatic heterocycles. The predicted octanol–water partition coefficient (Wildman–Crippen LogP) is 1.89. The molecule has 1 fully saturated rings. The number of hydrogen-bond donors (Lipinski definition) is 1. The monoisotopic (exact) mass is 308 g/mol. The van der Waals surface area contributed by atoms with Crippen molar-refractivity contribution in [3.8, 4) is 11.5 Å². The Morgan fingerprint density at radius 1 is 1.41 bits per heavy atom. The molecule has 1 aromatic carbocycles. The molecule has 0 saturated carbocycles. The number of carbonyl (C=O) groups excluding carboxylic acids is 1. The van der Waals surface area contributed by atoms with Gasteiger partial charge in [-0.1, -0.05) is 12.1 Å². The van der Waals surface area contributed by atoms with Gasteiger partial charge in [-0.25, -0.2) is 4.79 Å². The van der Waals surface area contributed by atoms with Gasteiger partial charge in [-0.15, -0.1) is 0 Å². The first kappa shape index (κ1) is 16.4. The lowest BCUT2D eigenvalue weighted by Crippen LogP contribution is -2.42. The van der Waals surface area contributed by atoms with Crippen molar-refractivity contribution in [3.05, 3.63) is 24.3 Å². The lowest BCUT2D eigenvalue weighted by atomic mass is 10.2. The van der Waals surface area contributed by atoms with Crippen molar-refractivity contribution < 1.29 is 19.0 Å². The average molecular weight is 308 g/mol. The molecule has 6 heteroatoms. The molecule has 1 heterocycles. The molecule has 1 atom stereocenters. The second-order valence-electron chi connectivity index (χ2n) is 5.24. The molecule has 0 aliphatic carbocycles. The van der Waals surface area contributed by atoms with Gasteiger partial charge in [-0.2, -0.15) is 0 Å². The Balaban J connectivity index is 1.68. The van der Waals surface area contributed by atoms with Gasteiger partial charge in [-0.05, 0) is 25.0 Å². The third-order valence-electron chi connectivity index (χ3n) is 3.60. The third-order valence-corrected chi connectivity index (χ3v) is 3.60. The molecule has 2 amide bonds. The van der Waals surface area contributed by atoms with E-state index >= 15 is 0 Å². The van der Waals surface area contributed by atoms with Gasteiger partial charge in [0, 0.05) is 20.2 Å². The van der Waals surface area contributed by atoms with Gasteiger partial charge < -0.3 is 24.4 Å². The lowest BCUT2D eigenvalue weighted by Gasteiger charge is -2.20. The zero-order chi connectivity index (χ0) is 15.8. The van der Waals surface area contributed by atoms with Gasteiger partial charge in [0.25, 0.3) is 0 Å². The fraction of sp³-hybridized carbons (Fsp3) is 0.562. The van der Waals surface area contributed by atoms with Crippen LogP contribution in [0.1, 0.15) is 12.8 Å². The summed E-state index contributed by atoms with van der Waals surface area (Å²) in [5, 5.41) is 2.88. The molecule has 1 saturated heterocycles. The summed E-state index contributed by atoms with van der Waals surface area (Å²) >= 11 is 0. The Labute approximate surface area is 131 Å². The van der Waals surface area contributed by atoms with E-state index in [0.717, 1.165) is 19.4 Å². The molecule has 122 valence electrons. The van der Waals surface area contributed by atoms with Crippen LogP contribution in [-0.4, -0.2) is 57.5 Å². The fourth-order valence-electron chi connectivity index (χ4n) is 2.27. The molecule has 1 aliphatic rings. The van der Waals surface area contributed by atoms with Crippen molar-refractivity contribution in [2.45, 2.75) is 18.9 Å². The smallest absolute Gasteiger partial charge is 0.317 e. The predicted molar refractivity (Wildman–Crippen MR) is 83.5 cm³/mol. The number of hydrogen-bond acceptors (Lipinski definition) is 4. The highest BCUT2D eigenvalue weighted by Gasteiger charge is 2.17. The van der Waals surface area contributed by atoms with Crippen molar-refractivity contribution in [2.75, 3.05) is 40.5 Å². The standard InChI is InChI=1S/C16H24N2O4/c1-18(16(19)17-12-13-6-5-10-21-13)9-11-22-15-8-4-3-7-14(15)20-2/h3-4,7-8,13H,5-6,9-12H2,1-2H3,(H,17,19)/t13-/m1/s1. The zero-order valence-electron chi connectivity index (χ0n) is 13.2. The number of nitrogens with zero attached hydrogens (tertiary/aromatic N) is 1. The van der Waals surface area contributed by atoms with Crippen LogP contribution in [-0.2, 0) is 4.74 Å². The van der Waals surface area contributed by atoms with Crippen LogP contribution >= 0.6 is 0 Å². The number of amides is 2. The highest BCUT2D eigenvalue weighted by atomic mass is 16.5. The van der Waals surface area contributed by atoms with E-state index in [-0.39, 0.29) is 12.1 Å². The number of urea groups is 1. The maximum Gasteiger partial charge on any atom is 0.317 e. The zero-order valence-corrected chi connectivity index (χ0v) is 13.2. The first-order valence-electron chi connectivity index (χ1n) is 7.57. The highest BCUT2D eigenvalue weighted by Crippen LogP contribution is 2.25. The summed E-state index contributed by atoms with van der Waals surface area (Å²) in [6.45, 7) is 2.26. The number of rotatable bonds is 7. The minimum Gasteiger partial charge on any atom is -0.493 e. The van der Waals surface area contributed by atoms with Crippen molar-refractivity contribution >= 4 is 6.03 Å². The quantitative estimate of drug-likeness (QED) is 0.836. The summed E-state index contributed by atoms with van der Waals surface area (Å²) in [5.74, 6) is 1.37. The van der Waals surface area contributed by atoms with E-state index in [4.69, 9.17) is 14.2 Å². The van der Waals surface area contributed by atoms with E-state index < -0.39 is 0 Å². The van der Waals surface area contributed by atoms with E-state index in [1.54, 1.807) is 19.1 Å². The number of methoxy groups -OCH3 is 1. The fourth-order valence-corrected chi connectivity index (χ4v) is 2.27. The topological polar surface area (TPSA) is 60.0 Å². The van der Waals surface area contributed by atoms with Crippen LogP contribution in [0.4, 0.5) is 4.79 Å². The van der Waals surface area contributed by atoms with Crippen LogP contribution in [0.2, 0.25) is 0 Å². The number of para-hydroxylation sites is 2. The largest absolute Gasteiger partial charge is 0.493 e. The van der Waals surface area contributed by atoms with E-state index in [1.807, 2.05) is 24.3 Å². The van der Waals surface area contributed by atoms with Crippen molar-refractivity contribution in [1.82, 2.24) is 10.2 Å². The number of likely N-dealkylation sites (N-methyl/N-ethyl adjacent to an activating group) is 1. The van der Waals surface area contributed by atoms with Gasteiger partial charge in [0.1, 0.15) is 6.61 Å². The number of ether oxygens (including phenoxy) is 3. The molecule has 0 radical (unpaired) electrons. The normalized spacial score (nSPS) is 17.1. The molecule has 1 aromatic rings. The first-order valence-corrected chi connectivity index (χ1v) is 7.57. The van der Waals surface area contributed by atoms with E-state index in [1.165, 1.54) is 0 Å². The molecule has 1 N–H and O–H groups in total. The summed E-state index contributed by atoms with van der Waals surface area (Å²) in [6.07, 6.45) is 2.24. The minimum absolute atomic E-state index is 0.112. The van der Waals surface area contributed by atoms with Gasteiger partial charge in [0.05, 0.1) is 19.8 Å². The summed E-state index contributed by atoms with van der Waals surface area (Å²) in [6, 6.07) is 7.34. The van der Waals surface area contributed by atoms with Crippen molar-refractivity contribution in [3.63, 3.8) is 0 Å². The lowest BCUT2D eigenvalue weighted by molar-refractivity contribution is 0.109. The Bertz CT molecular complexity index is 475. The third kappa shape index (κ3) is 4.80. The Hall–Kier alpha value is -1.95. The maximum absolute atomic E-state index is 11.9. The molecular weight excluding hydrogens is 284 g/mol. The highest BCUT2D eigenvalue weighted by molar-refractivity contribution is 5.73. The summed E-state index contributed by atoms with van der Waals surface area (Å²) < 4.78 is 16.3. The Kier molecular flexibility index (Phi) is 6.33. The van der Waals surface area contributed by atoms with Crippen LogP contribution in [0.15, 0.2) is 24.3 Å². The molecule has 22 heavy (non-hydrogen) atoms. The van der Waals surface area contributed by atoms with Crippen LogP contribution in [0.5, 0.6) is 11.5 Å². The first-order chi connectivity index (χ1) is 10.7. The molecule has 0 bridgehead atoms. The summed E-state index contributed by atoms with van der Waals surface area (Å²) in [4.78, 5) is 13.5. The minimum atomic E-state index is -0.112. The second kappa shape index (κ2) is 8.48. The number of nitrogens with one attached hydrogen (secondary N) is 1. The van der Waals surface area contributed by atoms with Crippen LogP contribution in [0.25, 0.3) is 0 Å². The molecule has 6 nitrogen and oxygen atoms in total. The van der Waals surface area contributed by atoms with Gasteiger partial charge >= 0.3 is 6.03 Å².